The molecule has 5 rings (SSSR count). The first-order chi connectivity index (χ1) is 16.1. The second kappa shape index (κ2) is 7.75. The number of benzene rings is 1. The van der Waals surface area contributed by atoms with Gasteiger partial charge in [0, 0.05) is 23.7 Å². The number of carbonyl (C=O) groups is 1. The van der Waals surface area contributed by atoms with Crippen molar-refractivity contribution in [2.75, 3.05) is 19.4 Å². The van der Waals surface area contributed by atoms with Gasteiger partial charge in [-0.2, -0.15) is 0 Å². The van der Waals surface area contributed by atoms with E-state index in [9.17, 15) is 9.59 Å². The van der Waals surface area contributed by atoms with E-state index in [0.717, 1.165) is 22.0 Å². The molecule has 0 spiro atoms. The zero-order valence-corrected chi connectivity index (χ0v) is 19.5. The molecule has 34 heavy (non-hydrogen) atoms. The van der Waals surface area contributed by atoms with Crippen LogP contribution in [0, 0.1) is 0 Å². The number of ether oxygens (including phenoxy) is 2. The van der Waals surface area contributed by atoms with Crippen LogP contribution in [0.3, 0.4) is 0 Å². The highest BCUT2D eigenvalue weighted by Gasteiger charge is 2.28. The lowest BCUT2D eigenvalue weighted by molar-refractivity contribution is 0.0101. The lowest BCUT2D eigenvalue weighted by atomic mass is 10.0. The molecule has 0 saturated carbocycles. The minimum atomic E-state index is -0.594. The molecule has 0 aliphatic carbocycles. The van der Waals surface area contributed by atoms with Gasteiger partial charge in [-0.15, -0.1) is 0 Å². The van der Waals surface area contributed by atoms with Crippen LogP contribution in [0.15, 0.2) is 41.3 Å². The van der Waals surface area contributed by atoms with Crippen LogP contribution in [0.25, 0.3) is 33.1 Å². The van der Waals surface area contributed by atoms with E-state index in [2.05, 4.69) is 4.98 Å². The van der Waals surface area contributed by atoms with Crippen molar-refractivity contribution in [2.45, 2.75) is 39.6 Å². The third-order valence-electron chi connectivity index (χ3n) is 5.74. The smallest absolute Gasteiger partial charge is 0.411 e. The van der Waals surface area contributed by atoms with Gasteiger partial charge >= 0.3 is 6.09 Å². The van der Waals surface area contributed by atoms with Gasteiger partial charge in [-0.3, -0.25) is 9.69 Å². The van der Waals surface area contributed by atoms with Gasteiger partial charge in [0.15, 0.2) is 5.65 Å². The predicted molar refractivity (Wildman–Crippen MR) is 129 cm³/mol. The zero-order chi connectivity index (χ0) is 24.2. The van der Waals surface area contributed by atoms with Crippen LogP contribution in [0.5, 0.6) is 5.88 Å². The maximum atomic E-state index is 13.1. The van der Waals surface area contributed by atoms with Crippen LogP contribution < -0.4 is 16.0 Å². The normalized spacial score (nSPS) is 13.8. The second-order valence-corrected chi connectivity index (χ2v) is 9.30. The molecule has 2 N–H and O–H groups in total. The van der Waals surface area contributed by atoms with Crippen molar-refractivity contribution in [3.8, 4) is 17.0 Å². The summed E-state index contributed by atoms with van der Waals surface area (Å²) in [7, 11) is 1.52. The molecule has 10 heteroatoms. The highest BCUT2D eigenvalue weighted by Crippen LogP contribution is 2.29. The van der Waals surface area contributed by atoms with Crippen LogP contribution in [0.4, 0.5) is 10.5 Å². The van der Waals surface area contributed by atoms with Crippen molar-refractivity contribution >= 4 is 33.7 Å². The van der Waals surface area contributed by atoms with Crippen LogP contribution in [0.1, 0.15) is 20.8 Å². The van der Waals surface area contributed by atoms with Gasteiger partial charge in [-0.05, 0) is 50.6 Å². The Labute approximate surface area is 195 Å². The topological polar surface area (TPSA) is 118 Å². The number of rotatable bonds is 2. The van der Waals surface area contributed by atoms with Gasteiger partial charge in [-0.25, -0.2) is 24.1 Å². The van der Waals surface area contributed by atoms with Gasteiger partial charge in [-0.1, -0.05) is 6.07 Å². The summed E-state index contributed by atoms with van der Waals surface area (Å²) >= 11 is 0. The molecule has 10 nitrogen and oxygen atoms in total. The van der Waals surface area contributed by atoms with E-state index in [1.165, 1.54) is 7.11 Å². The van der Waals surface area contributed by atoms with Gasteiger partial charge in [0.25, 0.3) is 5.56 Å². The Balaban J connectivity index is 1.55. The molecule has 0 unspecified atom stereocenters. The molecule has 1 aromatic carbocycles. The lowest BCUT2D eigenvalue weighted by Crippen LogP contribution is -2.46. The molecule has 1 aliphatic heterocycles. The van der Waals surface area contributed by atoms with Crippen molar-refractivity contribution in [1.29, 1.82) is 0 Å². The Bertz CT molecular complexity index is 1500. The Hall–Kier alpha value is -4.08. The Kier molecular flexibility index (Phi) is 4.96. The molecule has 1 aliphatic rings. The quantitative estimate of drug-likeness (QED) is 0.486. The van der Waals surface area contributed by atoms with Crippen molar-refractivity contribution < 1.29 is 14.3 Å². The molecule has 0 bridgehead atoms. The molecule has 0 atom stereocenters. The van der Waals surface area contributed by atoms with Crippen LogP contribution >= 0.6 is 0 Å². The molecule has 0 radical (unpaired) electrons. The zero-order valence-electron chi connectivity index (χ0n) is 19.5. The number of hydrogen-bond acceptors (Lipinski definition) is 7. The first kappa shape index (κ1) is 21.7. The van der Waals surface area contributed by atoms with Gasteiger partial charge in [0.1, 0.15) is 12.3 Å². The van der Waals surface area contributed by atoms with E-state index in [1.54, 1.807) is 26.5 Å². The van der Waals surface area contributed by atoms with Crippen molar-refractivity contribution in [3.63, 3.8) is 0 Å². The van der Waals surface area contributed by atoms with E-state index in [0.29, 0.717) is 35.7 Å². The number of aromatic nitrogens is 4. The summed E-state index contributed by atoms with van der Waals surface area (Å²) in [6.45, 7) is 6.44. The predicted octanol–water partition coefficient (Wildman–Crippen LogP) is 3.21. The van der Waals surface area contributed by atoms with E-state index in [-0.39, 0.29) is 12.2 Å². The van der Waals surface area contributed by atoms with Crippen molar-refractivity contribution in [2.24, 2.45) is 0 Å². The number of carbonyl (C=O) groups excluding carboxylic acids is 1. The summed E-state index contributed by atoms with van der Waals surface area (Å²) < 4.78 is 14.0. The second-order valence-electron chi connectivity index (χ2n) is 9.30. The SMILES string of the molecule is COc1ncc(-c2ccc3nc4c(cc3c2)c(=O)n2n4CN(C(=O)OC(C)(C)C)CC2)cc1N. The number of anilines is 1. The Morgan fingerprint density at radius 1 is 1.09 bits per heavy atom. The molecule has 3 aromatic heterocycles. The summed E-state index contributed by atoms with van der Waals surface area (Å²) in [4.78, 5) is 36.3. The summed E-state index contributed by atoms with van der Waals surface area (Å²) in [5.41, 5.74) is 8.74. The maximum absolute atomic E-state index is 13.1. The van der Waals surface area contributed by atoms with Crippen LogP contribution in [0.2, 0.25) is 0 Å². The summed E-state index contributed by atoms with van der Waals surface area (Å²) in [6.07, 6.45) is 1.28. The molecular formula is C24H26N6O4. The number of nitrogen functional groups attached to an aromatic ring is 1. The number of methoxy groups -OCH3 is 1. The highest BCUT2D eigenvalue weighted by molar-refractivity contribution is 5.93. The van der Waals surface area contributed by atoms with E-state index in [4.69, 9.17) is 20.2 Å². The fraction of sp³-hybridized carbons (Fsp3) is 0.333. The molecule has 0 fully saturated rings. The molecule has 176 valence electrons. The lowest BCUT2D eigenvalue weighted by Gasteiger charge is -2.31. The highest BCUT2D eigenvalue weighted by atomic mass is 16.6. The summed E-state index contributed by atoms with van der Waals surface area (Å²) in [5, 5.41) is 1.33. The maximum Gasteiger partial charge on any atom is 0.411 e. The monoisotopic (exact) mass is 462 g/mol. The molecule has 4 heterocycles. The number of nitrogens with two attached hydrogens (primary N) is 1. The Morgan fingerprint density at radius 2 is 1.88 bits per heavy atom. The molecule has 1 amide bonds. The van der Waals surface area contributed by atoms with E-state index < -0.39 is 11.7 Å². The first-order valence-electron chi connectivity index (χ1n) is 11.0. The summed E-state index contributed by atoms with van der Waals surface area (Å²) in [6, 6.07) is 9.44. The number of amides is 1. The van der Waals surface area contributed by atoms with Crippen molar-refractivity contribution in [1.82, 2.24) is 24.2 Å². The molecule has 0 saturated heterocycles. The standard InChI is InChI=1S/C24H26N6O4/c1-24(2,3)34-23(32)28-7-8-29-22(31)17-10-15-9-14(16-11-18(25)21(33-4)26-12-16)5-6-19(15)27-20(17)30(29)13-28/h5-6,9-12H,7-8,13,25H2,1-4H3. The largest absolute Gasteiger partial charge is 0.480 e. The van der Waals surface area contributed by atoms with E-state index >= 15 is 0 Å². The molecule has 4 aromatic rings. The van der Waals surface area contributed by atoms with Gasteiger partial charge < -0.3 is 15.2 Å². The molecular weight excluding hydrogens is 436 g/mol. The van der Waals surface area contributed by atoms with E-state index in [1.807, 2.05) is 45.0 Å². The average Bonchev–Trinajstić information content (AvgIpc) is 3.07. The minimum absolute atomic E-state index is 0.131. The number of nitrogens with zero attached hydrogens (tertiary/aromatic N) is 5. The fourth-order valence-corrected chi connectivity index (χ4v) is 4.15. The third kappa shape index (κ3) is 3.70. The van der Waals surface area contributed by atoms with Crippen molar-refractivity contribution in [3.05, 3.63) is 46.9 Å². The fourth-order valence-electron chi connectivity index (χ4n) is 4.15. The summed E-state index contributed by atoms with van der Waals surface area (Å²) in [5.74, 6) is 0.376. The number of pyridine rings is 2. The Morgan fingerprint density at radius 3 is 2.59 bits per heavy atom. The van der Waals surface area contributed by atoms with Crippen LogP contribution in [-0.4, -0.2) is 49.6 Å². The van der Waals surface area contributed by atoms with Crippen LogP contribution in [-0.2, 0) is 18.0 Å². The number of fused-ring (bicyclic) bond motifs is 4. The first-order valence-corrected chi connectivity index (χ1v) is 11.0. The van der Waals surface area contributed by atoms with Gasteiger partial charge in [0.05, 0.1) is 30.2 Å². The van der Waals surface area contributed by atoms with Gasteiger partial charge in [0.2, 0.25) is 5.88 Å². The number of hydrogen-bond donors (Lipinski definition) is 1. The minimum Gasteiger partial charge on any atom is -0.480 e. The third-order valence-corrected chi connectivity index (χ3v) is 5.74. The average molecular weight is 463 g/mol.